The number of nitrogens with zero attached hydrogens (tertiary/aromatic N) is 1. The average Bonchev–Trinajstić information content (AvgIpc) is 2.69. The van der Waals surface area contributed by atoms with Crippen molar-refractivity contribution in [3.8, 4) is 28.3 Å². The Balaban J connectivity index is 2.06. The second-order valence-corrected chi connectivity index (χ2v) is 6.35. The molecule has 0 saturated carbocycles. The molecule has 0 N–H and O–H groups in total. The molecule has 0 amide bonds. The van der Waals surface area contributed by atoms with E-state index in [1.54, 1.807) is 0 Å². The van der Waals surface area contributed by atoms with Gasteiger partial charge in [-0.05, 0) is 52.8 Å². The summed E-state index contributed by atoms with van der Waals surface area (Å²) in [5, 5.41) is 9.21. The van der Waals surface area contributed by atoms with Crippen LogP contribution in [-0.2, 0) is 6.42 Å². The molecule has 0 aromatic heterocycles. The van der Waals surface area contributed by atoms with Crippen molar-refractivity contribution in [1.82, 2.24) is 0 Å². The van der Waals surface area contributed by atoms with Gasteiger partial charge in [-0.15, -0.1) is 0 Å². The number of benzene rings is 3. The summed E-state index contributed by atoms with van der Waals surface area (Å²) in [4.78, 5) is 0. The fraction of sp³-hybridized carbons (Fsp3) is 0.208. The summed E-state index contributed by atoms with van der Waals surface area (Å²) in [6, 6.07) is 27.3. The predicted molar refractivity (Wildman–Crippen MR) is 105 cm³/mol. The van der Waals surface area contributed by atoms with Gasteiger partial charge >= 0.3 is 0 Å². The first-order valence-electron chi connectivity index (χ1n) is 9.01. The van der Waals surface area contributed by atoms with E-state index < -0.39 is 0 Å². The van der Waals surface area contributed by atoms with Crippen molar-refractivity contribution in [3.63, 3.8) is 0 Å². The Morgan fingerprint density at radius 2 is 1.48 bits per heavy atom. The van der Waals surface area contributed by atoms with Crippen molar-refractivity contribution < 1.29 is 0 Å². The van der Waals surface area contributed by atoms with Gasteiger partial charge in [0.2, 0.25) is 0 Å². The van der Waals surface area contributed by atoms with Crippen LogP contribution in [0.25, 0.3) is 22.3 Å². The molecule has 124 valence electrons. The lowest BCUT2D eigenvalue weighted by atomic mass is 9.90. The monoisotopic (exact) mass is 325 g/mol. The molecule has 3 aromatic carbocycles. The van der Waals surface area contributed by atoms with Gasteiger partial charge < -0.3 is 0 Å². The van der Waals surface area contributed by atoms with Gasteiger partial charge in [-0.25, -0.2) is 0 Å². The van der Waals surface area contributed by atoms with Crippen LogP contribution in [0.2, 0.25) is 0 Å². The Morgan fingerprint density at radius 1 is 0.760 bits per heavy atom. The predicted octanol–water partition coefficient (Wildman–Crippen LogP) is 6.62. The van der Waals surface area contributed by atoms with E-state index in [9.17, 15) is 5.26 Å². The van der Waals surface area contributed by atoms with Gasteiger partial charge in [0.25, 0.3) is 0 Å². The standard InChI is InChI=1S/C24H23N/c1-2-3-4-11-20-12-5-6-14-22(20)24-16-8-7-15-23(24)21-13-9-10-19(17-21)18-25/h5-10,12-17H,2-4,11H2,1H3. The minimum absolute atomic E-state index is 0.698. The third-order valence-electron chi connectivity index (χ3n) is 4.59. The lowest BCUT2D eigenvalue weighted by molar-refractivity contribution is 0.718. The SMILES string of the molecule is CCCCCc1ccccc1-c1ccccc1-c1cccc(C#N)c1. The van der Waals surface area contributed by atoms with E-state index >= 15 is 0 Å². The highest BCUT2D eigenvalue weighted by Gasteiger charge is 2.10. The number of nitriles is 1. The molecule has 3 rings (SSSR count). The molecule has 3 aromatic rings. The number of rotatable bonds is 6. The van der Waals surface area contributed by atoms with Crippen molar-refractivity contribution in [2.75, 3.05) is 0 Å². The number of unbranched alkanes of at least 4 members (excludes halogenated alkanes) is 2. The molecule has 0 unspecified atom stereocenters. The zero-order valence-electron chi connectivity index (χ0n) is 14.7. The molecule has 0 aliphatic heterocycles. The second-order valence-electron chi connectivity index (χ2n) is 6.35. The molecule has 0 spiro atoms. The third-order valence-corrected chi connectivity index (χ3v) is 4.59. The Bertz CT molecular complexity index is 886. The molecular weight excluding hydrogens is 302 g/mol. The summed E-state index contributed by atoms with van der Waals surface area (Å²) in [5.41, 5.74) is 6.92. The van der Waals surface area contributed by atoms with Crippen LogP contribution in [0.5, 0.6) is 0 Å². The molecule has 1 heteroatoms. The maximum absolute atomic E-state index is 9.21. The highest BCUT2D eigenvalue weighted by Crippen LogP contribution is 2.34. The highest BCUT2D eigenvalue weighted by atomic mass is 14.2. The van der Waals surface area contributed by atoms with E-state index in [0.29, 0.717) is 5.56 Å². The highest BCUT2D eigenvalue weighted by molar-refractivity contribution is 5.85. The minimum atomic E-state index is 0.698. The van der Waals surface area contributed by atoms with Crippen molar-refractivity contribution in [2.45, 2.75) is 32.6 Å². The van der Waals surface area contributed by atoms with E-state index in [0.717, 1.165) is 12.0 Å². The molecular formula is C24H23N. The Hall–Kier alpha value is -2.85. The van der Waals surface area contributed by atoms with Crippen molar-refractivity contribution in [3.05, 3.63) is 83.9 Å². The Kier molecular flexibility index (Phi) is 5.65. The number of aryl methyl sites for hydroxylation is 1. The van der Waals surface area contributed by atoms with Gasteiger partial charge in [-0.1, -0.05) is 80.4 Å². The minimum Gasteiger partial charge on any atom is -0.192 e. The molecule has 1 nitrogen and oxygen atoms in total. The normalized spacial score (nSPS) is 10.4. The molecule has 0 saturated heterocycles. The maximum Gasteiger partial charge on any atom is 0.0991 e. The molecule has 0 fully saturated rings. The molecule has 0 aliphatic rings. The summed E-state index contributed by atoms with van der Waals surface area (Å²) in [5.74, 6) is 0. The van der Waals surface area contributed by atoms with E-state index in [1.165, 1.54) is 41.5 Å². The zero-order valence-corrected chi connectivity index (χ0v) is 14.7. The van der Waals surface area contributed by atoms with Crippen molar-refractivity contribution in [2.24, 2.45) is 0 Å². The van der Waals surface area contributed by atoms with Crippen LogP contribution in [0.15, 0.2) is 72.8 Å². The summed E-state index contributed by atoms with van der Waals surface area (Å²) in [6.07, 6.45) is 4.83. The Morgan fingerprint density at radius 3 is 2.24 bits per heavy atom. The van der Waals surface area contributed by atoms with E-state index in [-0.39, 0.29) is 0 Å². The molecule has 0 bridgehead atoms. The lowest BCUT2D eigenvalue weighted by Gasteiger charge is -2.14. The maximum atomic E-state index is 9.21. The van der Waals surface area contributed by atoms with Crippen LogP contribution in [0.4, 0.5) is 0 Å². The Labute approximate surface area is 150 Å². The van der Waals surface area contributed by atoms with Gasteiger partial charge in [0.15, 0.2) is 0 Å². The first-order chi connectivity index (χ1) is 12.3. The first kappa shape index (κ1) is 17.0. The number of hydrogen-bond acceptors (Lipinski definition) is 1. The second kappa shape index (κ2) is 8.31. The molecule has 0 aliphatic carbocycles. The van der Waals surface area contributed by atoms with Crippen LogP contribution in [0, 0.1) is 11.3 Å². The van der Waals surface area contributed by atoms with Gasteiger partial charge in [-0.2, -0.15) is 5.26 Å². The smallest absolute Gasteiger partial charge is 0.0991 e. The van der Waals surface area contributed by atoms with Crippen molar-refractivity contribution >= 4 is 0 Å². The third kappa shape index (κ3) is 3.98. The van der Waals surface area contributed by atoms with Crippen molar-refractivity contribution in [1.29, 1.82) is 5.26 Å². The van der Waals surface area contributed by atoms with Gasteiger partial charge in [0.1, 0.15) is 0 Å². The lowest BCUT2D eigenvalue weighted by Crippen LogP contribution is -1.93. The van der Waals surface area contributed by atoms with Crippen LogP contribution in [0.3, 0.4) is 0 Å². The summed E-state index contributed by atoms with van der Waals surface area (Å²) < 4.78 is 0. The molecule has 0 heterocycles. The summed E-state index contributed by atoms with van der Waals surface area (Å²) in [6.45, 7) is 2.24. The van der Waals surface area contributed by atoms with Gasteiger partial charge in [0.05, 0.1) is 11.6 Å². The van der Waals surface area contributed by atoms with Crippen LogP contribution < -0.4 is 0 Å². The van der Waals surface area contributed by atoms with E-state index in [4.69, 9.17) is 0 Å². The van der Waals surface area contributed by atoms with Crippen LogP contribution >= 0.6 is 0 Å². The van der Waals surface area contributed by atoms with Gasteiger partial charge in [-0.3, -0.25) is 0 Å². The average molecular weight is 325 g/mol. The number of hydrogen-bond donors (Lipinski definition) is 0. The largest absolute Gasteiger partial charge is 0.192 e. The first-order valence-corrected chi connectivity index (χ1v) is 9.01. The fourth-order valence-electron chi connectivity index (χ4n) is 3.29. The summed E-state index contributed by atoms with van der Waals surface area (Å²) in [7, 11) is 0. The quantitative estimate of drug-likeness (QED) is 0.467. The van der Waals surface area contributed by atoms with E-state index in [2.05, 4.69) is 67.6 Å². The van der Waals surface area contributed by atoms with Gasteiger partial charge in [0, 0.05) is 0 Å². The molecule has 0 radical (unpaired) electrons. The van der Waals surface area contributed by atoms with Crippen LogP contribution in [0.1, 0.15) is 37.3 Å². The topological polar surface area (TPSA) is 23.8 Å². The van der Waals surface area contributed by atoms with Crippen LogP contribution in [-0.4, -0.2) is 0 Å². The summed E-state index contributed by atoms with van der Waals surface area (Å²) >= 11 is 0. The molecule has 0 atom stereocenters. The zero-order chi connectivity index (χ0) is 17.5. The fourth-order valence-corrected chi connectivity index (χ4v) is 3.29. The molecule has 25 heavy (non-hydrogen) atoms. The van der Waals surface area contributed by atoms with E-state index in [1.807, 2.05) is 18.2 Å².